The first-order valence-electron chi connectivity index (χ1n) is 6.99. The lowest BCUT2D eigenvalue weighted by atomic mass is 9.74. The number of hydrogen-bond donors (Lipinski definition) is 0. The summed E-state index contributed by atoms with van der Waals surface area (Å²) < 4.78 is 5.30. The van der Waals surface area contributed by atoms with Crippen LogP contribution in [0.1, 0.15) is 39.0 Å². The molecule has 0 aromatic carbocycles. The standard InChI is InChI=1S/C14H25NO2/c1-3-6-15-9-11(10-17-2)7-12-8-13(16)4-5-14(12)15/h11-12,14H,3-10H2,1-2H3/t11-,12-,14-/m0/s1. The summed E-state index contributed by atoms with van der Waals surface area (Å²) in [6.07, 6.45) is 5.09. The molecule has 1 saturated heterocycles. The van der Waals surface area contributed by atoms with E-state index in [0.717, 1.165) is 32.4 Å². The molecule has 0 bridgehead atoms. The van der Waals surface area contributed by atoms with E-state index in [2.05, 4.69) is 11.8 Å². The Morgan fingerprint density at radius 2 is 2.29 bits per heavy atom. The van der Waals surface area contributed by atoms with E-state index in [9.17, 15) is 4.79 Å². The van der Waals surface area contributed by atoms with Crippen LogP contribution in [0.2, 0.25) is 0 Å². The Bertz CT molecular complexity index is 267. The van der Waals surface area contributed by atoms with Gasteiger partial charge < -0.3 is 4.74 Å². The van der Waals surface area contributed by atoms with Crippen LogP contribution in [0.3, 0.4) is 0 Å². The Labute approximate surface area is 105 Å². The second-order valence-electron chi connectivity index (χ2n) is 5.66. The minimum Gasteiger partial charge on any atom is -0.384 e. The van der Waals surface area contributed by atoms with Crippen molar-refractivity contribution in [2.24, 2.45) is 11.8 Å². The van der Waals surface area contributed by atoms with Crippen molar-refractivity contribution >= 4 is 5.78 Å². The molecule has 2 aliphatic rings. The van der Waals surface area contributed by atoms with Gasteiger partial charge in [-0.25, -0.2) is 0 Å². The average molecular weight is 239 g/mol. The van der Waals surface area contributed by atoms with Crippen LogP contribution < -0.4 is 0 Å². The molecule has 0 amide bonds. The third-order valence-corrected chi connectivity index (χ3v) is 4.26. The highest BCUT2D eigenvalue weighted by atomic mass is 16.5. The molecule has 0 N–H and O–H groups in total. The van der Waals surface area contributed by atoms with Gasteiger partial charge in [-0.1, -0.05) is 6.92 Å². The number of piperidine rings is 1. The third-order valence-electron chi connectivity index (χ3n) is 4.26. The van der Waals surface area contributed by atoms with Gasteiger partial charge in [-0.3, -0.25) is 9.69 Å². The fourth-order valence-electron chi connectivity index (χ4n) is 3.67. The van der Waals surface area contributed by atoms with Gasteiger partial charge >= 0.3 is 0 Å². The summed E-state index contributed by atoms with van der Waals surface area (Å²) in [5.74, 6) is 1.69. The molecule has 17 heavy (non-hydrogen) atoms. The third kappa shape index (κ3) is 3.08. The molecule has 0 unspecified atom stereocenters. The van der Waals surface area contributed by atoms with Crippen LogP contribution in [0, 0.1) is 11.8 Å². The molecule has 98 valence electrons. The van der Waals surface area contributed by atoms with E-state index in [0.29, 0.717) is 23.7 Å². The second kappa shape index (κ2) is 5.96. The molecule has 3 atom stereocenters. The molecule has 0 spiro atoms. The predicted octanol–water partition coefficient (Wildman–Crippen LogP) is 2.10. The van der Waals surface area contributed by atoms with Crippen molar-refractivity contribution in [3.05, 3.63) is 0 Å². The monoisotopic (exact) mass is 239 g/mol. The lowest BCUT2D eigenvalue weighted by Crippen LogP contribution is -2.52. The van der Waals surface area contributed by atoms with E-state index < -0.39 is 0 Å². The predicted molar refractivity (Wildman–Crippen MR) is 68.0 cm³/mol. The summed E-state index contributed by atoms with van der Waals surface area (Å²) in [6.45, 7) is 5.42. The van der Waals surface area contributed by atoms with E-state index in [-0.39, 0.29) is 0 Å². The van der Waals surface area contributed by atoms with Crippen LogP contribution in [0.5, 0.6) is 0 Å². The molecular weight excluding hydrogens is 214 g/mol. The highest BCUT2D eigenvalue weighted by molar-refractivity contribution is 5.79. The first kappa shape index (κ1) is 13.0. The molecule has 1 aliphatic heterocycles. The summed E-state index contributed by atoms with van der Waals surface area (Å²) >= 11 is 0. The largest absolute Gasteiger partial charge is 0.384 e. The molecule has 3 heteroatoms. The lowest BCUT2D eigenvalue weighted by Gasteiger charge is -2.46. The number of rotatable bonds is 4. The molecule has 0 radical (unpaired) electrons. The van der Waals surface area contributed by atoms with E-state index >= 15 is 0 Å². The number of carbonyl (C=O) groups is 1. The highest BCUT2D eigenvalue weighted by Gasteiger charge is 2.38. The number of nitrogens with zero attached hydrogens (tertiary/aromatic N) is 1. The summed E-state index contributed by atoms with van der Waals surface area (Å²) in [6, 6.07) is 0.667. The van der Waals surface area contributed by atoms with Gasteiger partial charge in [0.05, 0.1) is 6.61 Å². The number of hydrogen-bond acceptors (Lipinski definition) is 3. The fourth-order valence-corrected chi connectivity index (χ4v) is 3.67. The van der Waals surface area contributed by atoms with Crippen LogP contribution >= 0.6 is 0 Å². The zero-order valence-corrected chi connectivity index (χ0v) is 11.2. The molecule has 0 aromatic rings. The number of carbonyl (C=O) groups excluding carboxylic acids is 1. The molecule has 1 aliphatic carbocycles. The van der Waals surface area contributed by atoms with Gasteiger partial charge in [0, 0.05) is 32.5 Å². The lowest BCUT2D eigenvalue weighted by molar-refractivity contribution is -0.125. The van der Waals surface area contributed by atoms with Crippen molar-refractivity contribution < 1.29 is 9.53 Å². The zero-order chi connectivity index (χ0) is 12.3. The van der Waals surface area contributed by atoms with E-state index in [4.69, 9.17) is 4.74 Å². The van der Waals surface area contributed by atoms with Crippen LogP contribution in [0.25, 0.3) is 0 Å². The molecule has 0 aromatic heterocycles. The van der Waals surface area contributed by atoms with Gasteiger partial charge in [-0.2, -0.15) is 0 Å². The van der Waals surface area contributed by atoms with Gasteiger partial charge in [0.1, 0.15) is 5.78 Å². The number of ether oxygens (including phenoxy) is 1. The van der Waals surface area contributed by atoms with E-state index in [1.807, 2.05) is 0 Å². The number of methoxy groups -OCH3 is 1. The summed E-state index contributed by atoms with van der Waals surface area (Å²) in [5.41, 5.74) is 0. The van der Waals surface area contributed by atoms with Crippen molar-refractivity contribution in [3.8, 4) is 0 Å². The first-order valence-corrected chi connectivity index (χ1v) is 6.99. The Kier molecular flexibility index (Phi) is 4.57. The highest BCUT2D eigenvalue weighted by Crippen LogP contribution is 2.36. The molecule has 1 saturated carbocycles. The number of fused-ring (bicyclic) bond motifs is 1. The SMILES string of the molecule is CCCN1C[C@@H](COC)C[C@H]2CC(=O)CC[C@@H]21. The molecular formula is C14H25NO2. The van der Waals surface area contributed by atoms with Gasteiger partial charge in [0.2, 0.25) is 0 Å². The minimum atomic E-state index is 0.473. The smallest absolute Gasteiger partial charge is 0.133 e. The maximum atomic E-state index is 11.6. The quantitative estimate of drug-likeness (QED) is 0.752. The Hall–Kier alpha value is -0.410. The van der Waals surface area contributed by atoms with Crippen LogP contribution in [0.15, 0.2) is 0 Å². The summed E-state index contributed by atoms with van der Waals surface area (Å²) in [7, 11) is 1.78. The Balaban J connectivity index is 2.02. The van der Waals surface area contributed by atoms with Crippen molar-refractivity contribution in [2.45, 2.75) is 45.1 Å². The maximum absolute atomic E-state index is 11.6. The number of ketones is 1. The van der Waals surface area contributed by atoms with Gasteiger partial charge in [-0.15, -0.1) is 0 Å². The normalized spacial score (nSPS) is 34.7. The topological polar surface area (TPSA) is 29.5 Å². The average Bonchev–Trinajstić information content (AvgIpc) is 2.29. The first-order chi connectivity index (χ1) is 8.24. The maximum Gasteiger partial charge on any atom is 0.133 e. The number of Topliss-reactive ketones (excluding diaryl/α,β-unsaturated/α-hetero) is 1. The Morgan fingerprint density at radius 1 is 1.47 bits per heavy atom. The van der Waals surface area contributed by atoms with Crippen molar-refractivity contribution in [3.63, 3.8) is 0 Å². The molecule has 1 heterocycles. The van der Waals surface area contributed by atoms with E-state index in [1.54, 1.807) is 7.11 Å². The fraction of sp³-hybridized carbons (Fsp3) is 0.929. The molecule has 2 fully saturated rings. The number of likely N-dealkylation sites (tertiary alicyclic amines) is 1. The second-order valence-corrected chi connectivity index (χ2v) is 5.66. The van der Waals surface area contributed by atoms with Gasteiger partial charge in [-0.05, 0) is 37.6 Å². The Morgan fingerprint density at radius 3 is 3.00 bits per heavy atom. The van der Waals surface area contributed by atoms with Gasteiger partial charge in [0.25, 0.3) is 0 Å². The van der Waals surface area contributed by atoms with Crippen molar-refractivity contribution in [1.82, 2.24) is 4.90 Å². The molecule has 2 rings (SSSR count). The summed E-state index contributed by atoms with van der Waals surface area (Å²) in [5, 5.41) is 0. The van der Waals surface area contributed by atoms with E-state index in [1.165, 1.54) is 19.4 Å². The van der Waals surface area contributed by atoms with Gasteiger partial charge in [0.15, 0.2) is 0 Å². The zero-order valence-electron chi connectivity index (χ0n) is 11.2. The minimum absolute atomic E-state index is 0.473. The molecule has 3 nitrogen and oxygen atoms in total. The summed E-state index contributed by atoms with van der Waals surface area (Å²) in [4.78, 5) is 14.2. The van der Waals surface area contributed by atoms with Crippen molar-refractivity contribution in [2.75, 3.05) is 26.8 Å². The van der Waals surface area contributed by atoms with Crippen LogP contribution in [0.4, 0.5) is 0 Å². The van der Waals surface area contributed by atoms with Crippen LogP contribution in [-0.2, 0) is 9.53 Å². The van der Waals surface area contributed by atoms with Crippen LogP contribution in [-0.4, -0.2) is 43.5 Å². The van der Waals surface area contributed by atoms with Crippen molar-refractivity contribution in [1.29, 1.82) is 0 Å².